The van der Waals surface area contributed by atoms with Gasteiger partial charge in [0.25, 0.3) is 0 Å². The fourth-order valence-electron chi connectivity index (χ4n) is 2.98. The normalized spacial score (nSPS) is 16.2. The molecule has 0 saturated heterocycles. The largest absolute Gasteiger partial charge is 0.481 e. The Kier molecular flexibility index (Phi) is 5.99. The summed E-state index contributed by atoms with van der Waals surface area (Å²) in [5.41, 5.74) is 0.301. The van der Waals surface area contributed by atoms with Gasteiger partial charge in [-0.1, -0.05) is 30.3 Å². The predicted octanol–water partition coefficient (Wildman–Crippen LogP) is 1.55. The summed E-state index contributed by atoms with van der Waals surface area (Å²) in [7, 11) is -3.50. The van der Waals surface area contributed by atoms with Gasteiger partial charge in [0.15, 0.2) is 9.84 Å². The summed E-state index contributed by atoms with van der Waals surface area (Å²) in [6.45, 7) is 0. The van der Waals surface area contributed by atoms with Gasteiger partial charge in [-0.15, -0.1) is 0 Å². The monoisotopic (exact) mass is 353 g/mol. The highest BCUT2D eigenvalue weighted by Crippen LogP contribution is 2.34. The first-order valence-electron chi connectivity index (χ1n) is 8.07. The Morgan fingerprint density at radius 3 is 2.38 bits per heavy atom. The van der Waals surface area contributed by atoms with Gasteiger partial charge >= 0.3 is 5.97 Å². The number of aliphatic carboxylic acids is 1. The van der Waals surface area contributed by atoms with Gasteiger partial charge in [-0.2, -0.15) is 0 Å². The zero-order valence-electron chi connectivity index (χ0n) is 13.5. The van der Waals surface area contributed by atoms with Crippen molar-refractivity contribution in [2.75, 3.05) is 11.5 Å². The van der Waals surface area contributed by atoms with Crippen molar-refractivity contribution in [1.29, 1.82) is 0 Å². The van der Waals surface area contributed by atoms with E-state index in [1.807, 2.05) is 30.3 Å². The lowest BCUT2D eigenvalue weighted by Crippen LogP contribution is -2.55. The van der Waals surface area contributed by atoms with Gasteiger partial charge in [-0.05, 0) is 37.7 Å². The van der Waals surface area contributed by atoms with Crippen LogP contribution in [0.5, 0.6) is 0 Å². The maximum Gasteiger partial charge on any atom is 0.305 e. The zero-order chi connectivity index (χ0) is 17.6. The molecule has 132 valence electrons. The summed E-state index contributed by atoms with van der Waals surface area (Å²) in [4.78, 5) is 22.9. The number of rotatable bonds is 9. The van der Waals surface area contributed by atoms with Gasteiger partial charge in [0.2, 0.25) is 5.91 Å². The number of hydrogen-bond acceptors (Lipinski definition) is 4. The quantitative estimate of drug-likeness (QED) is 0.701. The molecular weight excluding hydrogens is 330 g/mol. The minimum absolute atomic E-state index is 0.0543. The third-order valence-corrected chi connectivity index (χ3v) is 5.93. The highest BCUT2D eigenvalue weighted by Gasteiger charge is 2.40. The minimum atomic E-state index is -3.50. The number of sulfone groups is 1. The first-order chi connectivity index (χ1) is 11.3. The number of carbonyl (C=O) groups excluding carboxylic acids is 1. The van der Waals surface area contributed by atoms with E-state index in [0.29, 0.717) is 25.7 Å². The average Bonchev–Trinajstić information content (AvgIpc) is 2.44. The molecule has 0 spiro atoms. The number of amides is 1. The third kappa shape index (κ3) is 5.63. The molecule has 1 aromatic carbocycles. The zero-order valence-corrected chi connectivity index (χ0v) is 14.3. The molecule has 1 aliphatic rings. The number of nitrogens with one attached hydrogen (secondary N) is 1. The highest BCUT2D eigenvalue weighted by molar-refractivity contribution is 7.92. The Labute approximate surface area is 142 Å². The van der Waals surface area contributed by atoms with Gasteiger partial charge in [-0.25, -0.2) is 8.42 Å². The molecule has 7 heteroatoms. The second-order valence-electron chi connectivity index (χ2n) is 6.43. The van der Waals surface area contributed by atoms with E-state index < -0.39 is 33.0 Å². The van der Waals surface area contributed by atoms with Crippen LogP contribution in [0.4, 0.5) is 0 Å². The molecular formula is C17H23NO5S. The molecule has 6 nitrogen and oxygen atoms in total. The molecule has 1 aliphatic carbocycles. The van der Waals surface area contributed by atoms with Crippen LogP contribution in [-0.4, -0.2) is 42.4 Å². The number of carboxylic acid groups (broad SMARTS) is 1. The molecule has 0 atom stereocenters. The molecule has 1 amide bonds. The SMILES string of the molecule is O=C(O)CC1(NC(=O)CS(=O)(=O)CCCc2ccccc2)CCC1. The lowest BCUT2D eigenvalue weighted by atomic mass is 9.74. The molecule has 1 fully saturated rings. The second-order valence-corrected chi connectivity index (χ2v) is 8.62. The summed E-state index contributed by atoms with van der Waals surface area (Å²) in [6.07, 6.45) is 2.95. The molecule has 2 N–H and O–H groups in total. The van der Waals surface area contributed by atoms with Gasteiger partial charge < -0.3 is 10.4 Å². The highest BCUT2D eigenvalue weighted by atomic mass is 32.2. The van der Waals surface area contributed by atoms with E-state index in [1.165, 1.54) is 0 Å². The molecule has 0 aliphatic heterocycles. The summed E-state index contributed by atoms with van der Waals surface area (Å²) >= 11 is 0. The van der Waals surface area contributed by atoms with Crippen molar-refractivity contribution in [1.82, 2.24) is 5.32 Å². The predicted molar refractivity (Wildman–Crippen MR) is 90.4 cm³/mol. The van der Waals surface area contributed by atoms with E-state index in [9.17, 15) is 18.0 Å². The maximum absolute atomic E-state index is 12.1. The number of benzene rings is 1. The Morgan fingerprint density at radius 2 is 1.83 bits per heavy atom. The van der Waals surface area contributed by atoms with Crippen molar-refractivity contribution in [3.05, 3.63) is 35.9 Å². The van der Waals surface area contributed by atoms with E-state index in [4.69, 9.17) is 5.11 Å². The van der Waals surface area contributed by atoms with Gasteiger partial charge in [0, 0.05) is 0 Å². The van der Waals surface area contributed by atoms with Crippen molar-refractivity contribution < 1.29 is 23.1 Å². The van der Waals surface area contributed by atoms with E-state index in [1.54, 1.807) is 0 Å². The molecule has 0 heterocycles. The van der Waals surface area contributed by atoms with Gasteiger partial charge in [0.05, 0.1) is 17.7 Å². The Morgan fingerprint density at radius 1 is 1.17 bits per heavy atom. The second kappa shape index (κ2) is 7.79. The van der Waals surface area contributed by atoms with E-state index in [0.717, 1.165) is 12.0 Å². The topological polar surface area (TPSA) is 101 Å². The number of carboxylic acids is 1. The Bertz CT molecular complexity index is 680. The van der Waals surface area contributed by atoms with Crippen LogP contribution in [0.3, 0.4) is 0 Å². The molecule has 2 rings (SSSR count). The Balaban J connectivity index is 1.80. The molecule has 24 heavy (non-hydrogen) atoms. The van der Waals surface area contributed by atoms with E-state index in [-0.39, 0.29) is 12.2 Å². The van der Waals surface area contributed by atoms with Crippen LogP contribution in [0, 0.1) is 0 Å². The van der Waals surface area contributed by atoms with Gasteiger partial charge in [0.1, 0.15) is 5.75 Å². The Hall–Kier alpha value is -1.89. The molecule has 1 saturated carbocycles. The van der Waals surface area contributed by atoms with Crippen molar-refractivity contribution in [2.24, 2.45) is 0 Å². The fourth-order valence-corrected chi connectivity index (χ4v) is 4.18. The number of hydrogen-bond donors (Lipinski definition) is 2. The van der Waals surface area contributed by atoms with Crippen molar-refractivity contribution >= 4 is 21.7 Å². The maximum atomic E-state index is 12.1. The standard InChI is InChI=1S/C17H23NO5S/c19-15(18-17(9-5-10-17)12-16(20)21)13-24(22,23)11-4-8-14-6-2-1-3-7-14/h1-3,6-7H,4-5,8-13H2,(H,18,19)(H,20,21). The smallest absolute Gasteiger partial charge is 0.305 e. The van der Waals surface area contributed by atoms with Crippen molar-refractivity contribution in [3.8, 4) is 0 Å². The van der Waals surface area contributed by atoms with Crippen LogP contribution < -0.4 is 5.32 Å². The van der Waals surface area contributed by atoms with Crippen LogP contribution in [0.15, 0.2) is 30.3 Å². The van der Waals surface area contributed by atoms with Crippen LogP contribution in [0.25, 0.3) is 0 Å². The van der Waals surface area contributed by atoms with E-state index in [2.05, 4.69) is 5.32 Å². The first kappa shape index (κ1) is 18.4. The fraction of sp³-hybridized carbons (Fsp3) is 0.529. The minimum Gasteiger partial charge on any atom is -0.481 e. The molecule has 0 unspecified atom stereocenters. The summed E-state index contributed by atoms with van der Waals surface area (Å²) in [5, 5.41) is 11.5. The van der Waals surface area contributed by atoms with E-state index >= 15 is 0 Å². The summed E-state index contributed by atoms with van der Waals surface area (Å²) < 4.78 is 24.1. The molecule has 0 radical (unpaired) electrons. The number of aryl methyl sites for hydroxylation is 1. The first-order valence-corrected chi connectivity index (χ1v) is 9.90. The third-order valence-electron chi connectivity index (χ3n) is 4.32. The van der Waals surface area contributed by atoms with Crippen molar-refractivity contribution in [3.63, 3.8) is 0 Å². The lowest BCUT2D eigenvalue weighted by molar-refractivity contribution is -0.140. The van der Waals surface area contributed by atoms with Gasteiger partial charge in [-0.3, -0.25) is 9.59 Å². The van der Waals surface area contributed by atoms with Crippen LogP contribution >= 0.6 is 0 Å². The summed E-state index contributed by atoms with van der Waals surface area (Å²) in [6, 6.07) is 9.57. The van der Waals surface area contributed by atoms with Crippen molar-refractivity contribution in [2.45, 2.75) is 44.1 Å². The van der Waals surface area contributed by atoms with Crippen LogP contribution in [-0.2, 0) is 25.8 Å². The molecule has 0 bridgehead atoms. The number of carbonyl (C=O) groups is 2. The summed E-state index contributed by atoms with van der Waals surface area (Å²) in [5.74, 6) is -2.22. The van der Waals surface area contributed by atoms with Crippen LogP contribution in [0.1, 0.15) is 37.7 Å². The average molecular weight is 353 g/mol. The lowest BCUT2D eigenvalue weighted by Gasteiger charge is -2.41. The van der Waals surface area contributed by atoms with Crippen LogP contribution in [0.2, 0.25) is 0 Å². The molecule has 0 aromatic heterocycles. The molecule has 1 aromatic rings.